The zero-order valence-corrected chi connectivity index (χ0v) is 17.3. The highest BCUT2D eigenvalue weighted by Gasteiger charge is 2.11. The van der Waals surface area contributed by atoms with Gasteiger partial charge in [0.15, 0.2) is 0 Å². The third-order valence-electron chi connectivity index (χ3n) is 4.06. The molecule has 0 saturated carbocycles. The van der Waals surface area contributed by atoms with Gasteiger partial charge in [-0.3, -0.25) is 0 Å². The number of ether oxygens (including phenoxy) is 1. The Labute approximate surface area is 164 Å². The molecule has 6 heteroatoms. The predicted octanol–water partition coefficient (Wildman–Crippen LogP) is 4.43. The Morgan fingerprint density at radius 3 is 2.48 bits per heavy atom. The maximum Gasteiger partial charge on any atom is 0.211 e. The SMILES string of the molecule is CCc1ccc(S(=O)N[C@H](C)/C(C)=N/N=C(\C)Oc2cccc(C)c2)cc1. The van der Waals surface area contributed by atoms with Crippen molar-refractivity contribution in [2.24, 2.45) is 10.2 Å². The molecule has 0 aliphatic heterocycles. The third kappa shape index (κ3) is 6.73. The minimum absolute atomic E-state index is 0.188. The summed E-state index contributed by atoms with van der Waals surface area (Å²) >= 11 is 0. The average Bonchev–Trinajstić information content (AvgIpc) is 2.66. The molecule has 2 rings (SSSR count). The Balaban J connectivity index is 1.96. The first-order valence-electron chi connectivity index (χ1n) is 8.99. The largest absolute Gasteiger partial charge is 0.442 e. The number of hydrogen-bond donors (Lipinski definition) is 1. The number of rotatable bonds is 7. The van der Waals surface area contributed by atoms with Gasteiger partial charge in [0.25, 0.3) is 0 Å². The standard InChI is InChI=1S/C21H27N3O2S/c1-6-19-10-12-21(13-11-19)27(25)24-17(4)16(3)22-23-18(5)26-20-9-7-8-15(2)14-20/h7-14,17,24H,6H2,1-5H3/b22-16+,23-18+/t17-,27?/m1/s1. The molecule has 0 spiro atoms. The van der Waals surface area contributed by atoms with Crippen molar-refractivity contribution in [1.82, 2.24) is 4.72 Å². The van der Waals surface area contributed by atoms with Crippen LogP contribution in [0.4, 0.5) is 0 Å². The van der Waals surface area contributed by atoms with Gasteiger partial charge in [-0.05, 0) is 62.6 Å². The molecule has 0 aliphatic carbocycles. The van der Waals surface area contributed by atoms with E-state index in [-0.39, 0.29) is 6.04 Å². The first-order chi connectivity index (χ1) is 12.9. The molecule has 1 unspecified atom stereocenters. The van der Waals surface area contributed by atoms with Gasteiger partial charge in [-0.1, -0.05) is 31.2 Å². The van der Waals surface area contributed by atoms with Crippen molar-refractivity contribution in [2.75, 3.05) is 0 Å². The van der Waals surface area contributed by atoms with Crippen LogP contribution in [0.1, 0.15) is 38.8 Å². The van der Waals surface area contributed by atoms with Gasteiger partial charge in [0.2, 0.25) is 5.90 Å². The van der Waals surface area contributed by atoms with E-state index < -0.39 is 11.0 Å². The molecular formula is C21H27N3O2S. The van der Waals surface area contributed by atoms with Crippen LogP contribution in [0.5, 0.6) is 5.75 Å². The Morgan fingerprint density at radius 1 is 1.15 bits per heavy atom. The third-order valence-corrected chi connectivity index (χ3v) is 5.33. The van der Waals surface area contributed by atoms with Crippen LogP contribution < -0.4 is 9.46 Å². The molecule has 27 heavy (non-hydrogen) atoms. The van der Waals surface area contributed by atoms with Crippen LogP contribution in [-0.4, -0.2) is 21.9 Å². The lowest BCUT2D eigenvalue weighted by atomic mass is 10.2. The van der Waals surface area contributed by atoms with Crippen LogP contribution in [0, 0.1) is 6.92 Å². The smallest absolute Gasteiger partial charge is 0.211 e. The summed E-state index contributed by atoms with van der Waals surface area (Å²) in [6.45, 7) is 9.61. The quantitative estimate of drug-likeness (QED) is 0.435. The molecule has 0 aliphatic rings. The van der Waals surface area contributed by atoms with Gasteiger partial charge < -0.3 is 4.74 Å². The molecule has 0 heterocycles. The summed E-state index contributed by atoms with van der Waals surface area (Å²) in [5.41, 5.74) is 3.06. The second kappa shape index (κ2) is 10.1. The fourth-order valence-corrected chi connectivity index (χ4v) is 3.28. The number of nitrogens with zero attached hydrogens (tertiary/aromatic N) is 2. The van der Waals surface area contributed by atoms with Crippen molar-refractivity contribution < 1.29 is 8.95 Å². The molecule has 5 nitrogen and oxygen atoms in total. The van der Waals surface area contributed by atoms with E-state index in [0.29, 0.717) is 5.90 Å². The summed E-state index contributed by atoms with van der Waals surface area (Å²) in [5, 5.41) is 8.32. The van der Waals surface area contributed by atoms with E-state index in [9.17, 15) is 4.21 Å². The van der Waals surface area contributed by atoms with Crippen LogP contribution in [0.25, 0.3) is 0 Å². The van der Waals surface area contributed by atoms with Gasteiger partial charge in [0, 0.05) is 6.92 Å². The summed E-state index contributed by atoms with van der Waals surface area (Å²) in [6, 6.07) is 15.3. The van der Waals surface area contributed by atoms with Crippen LogP contribution in [0.3, 0.4) is 0 Å². The fraction of sp³-hybridized carbons (Fsp3) is 0.333. The zero-order chi connectivity index (χ0) is 19.8. The minimum Gasteiger partial charge on any atom is -0.442 e. The topological polar surface area (TPSA) is 63.0 Å². The van der Waals surface area contributed by atoms with E-state index >= 15 is 0 Å². The fourth-order valence-electron chi connectivity index (χ4n) is 2.27. The molecule has 0 amide bonds. The van der Waals surface area contributed by atoms with E-state index in [1.807, 2.05) is 69.3 Å². The highest BCUT2D eigenvalue weighted by atomic mass is 32.2. The molecule has 2 aromatic carbocycles. The normalized spacial score (nSPS) is 14.7. The van der Waals surface area contributed by atoms with Crippen LogP contribution in [0.2, 0.25) is 0 Å². The van der Waals surface area contributed by atoms with Crippen LogP contribution in [-0.2, 0) is 17.4 Å². The highest BCUT2D eigenvalue weighted by Crippen LogP contribution is 2.13. The molecule has 0 fully saturated rings. The zero-order valence-electron chi connectivity index (χ0n) is 16.5. The van der Waals surface area contributed by atoms with Gasteiger partial charge in [0.1, 0.15) is 16.7 Å². The molecular weight excluding hydrogens is 358 g/mol. The first-order valence-corrected chi connectivity index (χ1v) is 10.1. The molecule has 2 atom stereocenters. The number of nitrogens with one attached hydrogen (secondary N) is 1. The van der Waals surface area contributed by atoms with E-state index in [1.54, 1.807) is 6.92 Å². The summed E-state index contributed by atoms with van der Waals surface area (Å²) in [7, 11) is -1.30. The second-order valence-corrected chi connectivity index (χ2v) is 7.63. The van der Waals surface area contributed by atoms with E-state index in [1.165, 1.54) is 5.56 Å². The lowest BCUT2D eigenvalue weighted by molar-refractivity contribution is 0.543. The van der Waals surface area contributed by atoms with E-state index in [2.05, 4.69) is 21.8 Å². The molecule has 0 aromatic heterocycles. The van der Waals surface area contributed by atoms with Crippen molar-refractivity contribution in [3.63, 3.8) is 0 Å². The van der Waals surface area contributed by atoms with Crippen LogP contribution in [0.15, 0.2) is 63.6 Å². The average molecular weight is 386 g/mol. The Morgan fingerprint density at radius 2 is 1.85 bits per heavy atom. The van der Waals surface area contributed by atoms with E-state index in [0.717, 1.165) is 28.3 Å². The number of benzene rings is 2. The van der Waals surface area contributed by atoms with Gasteiger partial charge >= 0.3 is 0 Å². The molecule has 1 N–H and O–H groups in total. The van der Waals surface area contributed by atoms with Gasteiger partial charge in [-0.15, -0.1) is 5.10 Å². The van der Waals surface area contributed by atoms with Gasteiger partial charge in [-0.25, -0.2) is 8.93 Å². The maximum atomic E-state index is 12.5. The number of aryl methyl sites for hydroxylation is 2. The maximum absolute atomic E-state index is 12.5. The molecule has 144 valence electrons. The molecule has 0 radical (unpaired) electrons. The van der Waals surface area contributed by atoms with Gasteiger partial charge in [0.05, 0.1) is 16.6 Å². The van der Waals surface area contributed by atoms with Gasteiger partial charge in [-0.2, -0.15) is 5.10 Å². The lowest BCUT2D eigenvalue weighted by Gasteiger charge is -2.12. The van der Waals surface area contributed by atoms with Crippen molar-refractivity contribution in [3.8, 4) is 5.75 Å². The minimum atomic E-state index is -1.30. The van der Waals surface area contributed by atoms with Crippen molar-refractivity contribution in [3.05, 3.63) is 59.7 Å². The summed E-state index contributed by atoms with van der Waals surface area (Å²) in [6.07, 6.45) is 0.963. The lowest BCUT2D eigenvalue weighted by Crippen LogP contribution is -2.33. The van der Waals surface area contributed by atoms with Crippen molar-refractivity contribution in [2.45, 2.75) is 52.0 Å². The van der Waals surface area contributed by atoms with Crippen LogP contribution >= 0.6 is 0 Å². The summed E-state index contributed by atoms with van der Waals surface area (Å²) < 4.78 is 21.2. The van der Waals surface area contributed by atoms with Crippen molar-refractivity contribution in [1.29, 1.82) is 0 Å². The second-order valence-electron chi connectivity index (χ2n) is 6.38. The molecule has 2 aromatic rings. The monoisotopic (exact) mass is 385 g/mol. The Bertz CT molecular complexity index is 845. The molecule has 0 saturated heterocycles. The highest BCUT2D eigenvalue weighted by molar-refractivity contribution is 7.83. The van der Waals surface area contributed by atoms with E-state index in [4.69, 9.17) is 4.74 Å². The molecule has 0 bridgehead atoms. The van der Waals surface area contributed by atoms with Crippen molar-refractivity contribution >= 4 is 22.6 Å². The Hall–Kier alpha value is -2.31. The Kier molecular flexibility index (Phi) is 7.88. The summed E-state index contributed by atoms with van der Waals surface area (Å²) in [5.74, 6) is 1.18. The number of hydrogen-bond acceptors (Lipinski definition) is 4. The predicted molar refractivity (Wildman–Crippen MR) is 113 cm³/mol. The summed E-state index contributed by atoms with van der Waals surface area (Å²) in [4.78, 5) is 0.745. The first kappa shape index (κ1) is 21.0.